The Bertz CT molecular complexity index is 1360. The molecule has 0 saturated heterocycles. The van der Waals surface area contributed by atoms with Crippen LogP contribution in [0.15, 0.2) is 53.5 Å². The molecule has 1 atom stereocenters. The summed E-state index contributed by atoms with van der Waals surface area (Å²) in [7, 11) is 3.18. The number of aliphatic carboxylic acids is 1. The second kappa shape index (κ2) is 14.0. The van der Waals surface area contributed by atoms with Crippen molar-refractivity contribution in [1.29, 1.82) is 0 Å². The first-order valence-corrected chi connectivity index (χ1v) is 14.5. The number of aromatic hydroxyl groups is 1. The molecule has 0 amide bonds. The third-order valence-electron chi connectivity index (χ3n) is 8.08. The number of hydrogen-bond donors (Lipinski definition) is 2. The van der Waals surface area contributed by atoms with Gasteiger partial charge in [-0.2, -0.15) is 0 Å². The van der Waals surface area contributed by atoms with Gasteiger partial charge in [-0.05, 0) is 73.4 Å². The molecule has 10 heteroatoms. The van der Waals surface area contributed by atoms with Crippen LogP contribution < -0.4 is 15.2 Å². The molecule has 1 unspecified atom stereocenters. The van der Waals surface area contributed by atoms with E-state index < -0.39 is 5.97 Å². The lowest BCUT2D eigenvalue weighted by atomic mass is 9.81. The first-order chi connectivity index (χ1) is 19.7. The highest BCUT2D eigenvalue weighted by atomic mass is 35.5. The van der Waals surface area contributed by atoms with E-state index in [1.54, 1.807) is 14.2 Å². The minimum Gasteiger partial charge on any atom is -0.493 e. The fourth-order valence-electron chi connectivity index (χ4n) is 5.82. The van der Waals surface area contributed by atoms with E-state index in [2.05, 4.69) is 24.0 Å². The Balaban J connectivity index is 1.50. The van der Waals surface area contributed by atoms with Gasteiger partial charge in [0, 0.05) is 31.2 Å². The zero-order valence-electron chi connectivity index (χ0n) is 24.0. The zero-order chi connectivity index (χ0) is 29.5. The van der Waals surface area contributed by atoms with Crippen LogP contribution in [0.1, 0.15) is 56.2 Å². The van der Waals surface area contributed by atoms with Crippen molar-refractivity contribution >= 4 is 17.6 Å². The lowest BCUT2D eigenvalue weighted by Gasteiger charge is -2.36. The van der Waals surface area contributed by atoms with Crippen LogP contribution in [-0.4, -0.2) is 50.5 Å². The van der Waals surface area contributed by atoms with Crippen molar-refractivity contribution in [2.45, 2.75) is 58.2 Å². The van der Waals surface area contributed by atoms with Crippen molar-refractivity contribution in [2.75, 3.05) is 20.3 Å². The molecule has 1 aliphatic rings. The maximum Gasteiger partial charge on any atom is 0.330 e. The molecule has 1 saturated carbocycles. The Morgan fingerprint density at radius 2 is 1.83 bits per heavy atom. The van der Waals surface area contributed by atoms with Gasteiger partial charge in [0.1, 0.15) is 6.61 Å². The summed E-state index contributed by atoms with van der Waals surface area (Å²) in [4.78, 5) is 26.1. The number of methoxy groups -OCH3 is 1. The Kier molecular flexibility index (Phi) is 10.4. The van der Waals surface area contributed by atoms with Gasteiger partial charge in [0.25, 0.3) is 0 Å². The summed E-state index contributed by atoms with van der Waals surface area (Å²) in [6.45, 7) is 4.12. The van der Waals surface area contributed by atoms with Crippen molar-refractivity contribution < 1.29 is 24.5 Å². The number of imidazole rings is 1. The number of hydrogen-bond acceptors (Lipinski definition) is 6. The molecule has 9 nitrogen and oxygen atoms in total. The van der Waals surface area contributed by atoms with Crippen LogP contribution in [0, 0.1) is 11.8 Å². The van der Waals surface area contributed by atoms with E-state index >= 15 is 0 Å². The van der Waals surface area contributed by atoms with Crippen LogP contribution in [-0.2, 0) is 24.9 Å². The number of rotatable bonds is 13. The molecule has 2 aromatic carbocycles. The molecular formula is C31H40ClN3O6. The van der Waals surface area contributed by atoms with E-state index in [1.165, 1.54) is 20.9 Å². The summed E-state index contributed by atoms with van der Waals surface area (Å²) < 4.78 is 14.2. The number of carboxylic acid groups (broad SMARTS) is 1. The Morgan fingerprint density at radius 1 is 1.12 bits per heavy atom. The predicted molar refractivity (Wildman–Crippen MR) is 158 cm³/mol. The number of carboxylic acids is 1. The summed E-state index contributed by atoms with van der Waals surface area (Å²) >= 11 is 6.18. The van der Waals surface area contributed by atoms with E-state index in [0.29, 0.717) is 29.0 Å². The zero-order valence-corrected chi connectivity index (χ0v) is 24.7. The molecule has 3 aromatic rings. The SMILES string of the molecule is CCC(c1ccc(Cl)cc1)N(Cc1ccc(OCCn2c(O)cn(C)c2=O)c(OC)c1)CC1CCC(C(=O)O)CC1. The Morgan fingerprint density at radius 3 is 2.41 bits per heavy atom. The van der Waals surface area contributed by atoms with Gasteiger partial charge in [-0.25, -0.2) is 4.79 Å². The largest absolute Gasteiger partial charge is 0.493 e. The van der Waals surface area contributed by atoms with Crippen LogP contribution in [0.25, 0.3) is 0 Å². The molecule has 1 aliphatic carbocycles. The average Bonchev–Trinajstić information content (AvgIpc) is 3.21. The van der Waals surface area contributed by atoms with Gasteiger partial charge in [0.05, 0.1) is 25.8 Å². The lowest BCUT2D eigenvalue weighted by molar-refractivity contribution is -0.143. The third kappa shape index (κ3) is 7.65. The van der Waals surface area contributed by atoms with Gasteiger partial charge in [-0.3, -0.25) is 18.8 Å². The number of aromatic nitrogens is 2. The van der Waals surface area contributed by atoms with E-state index in [0.717, 1.165) is 44.2 Å². The minimum atomic E-state index is -0.685. The quantitative estimate of drug-likeness (QED) is 0.274. The summed E-state index contributed by atoms with van der Waals surface area (Å²) in [5.74, 6) is 0.547. The van der Waals surface area contributed by atoms with E-state index in [4.69, 9.17) is 21.1 Å². The van der Waals surface area contributed by atoms with Gasteiger partial charge in [-0.15, -0.1) is 0 Å². The topological polar surface area (TPSA) is 106 Å². The normalized spacial score (nSPS) is 17.9. The summed E-state index contributed by atoms with van der Waals surface area (Å²) in [5, 5.41) is 20.1. The summed E-state index contributed by atoms with van der Waals surface area (Å²) in [6.07, 6.45) is 5.53. The Hall–Kier alpha value is -3.43. The van der Waals surface area contributed by atoms with Crippen molar-refractivity contribution in [1.82, 2.24) is 14.0 Å². The standard InChI is InChI=1S/C31H40ClN3O6/c1-4-26(23-10-12-25(32)13-11-23)34(18-21-5-8-24(9-6-21)30(37)38)19-22-7-14-27(28(17-22)40-3)41-16-15-35-29(36)20-33(2)31(35)39/h7,10-14,17,20-21,24,26,36H,4-6,8-9,15-16,18-19H2,1-3H3,(H,37,38). The fourth-order valence-corrected chi connectivity index (χ4v) is 5.95. The molecule has 1 aromatic heterocycles. The molecule has 0 aliphatic heterocycles. The minimum absolute atomic E-state index is 0.105. The molecule has 4 rings (SSSR count). The van der Waals surface area contributed by atoms with Crippen LogP contribution >= 0.6 is 11.6 Å². The highest BCUT2D eigenvalue weighted by Gasteiger charge is 2.29. The second-order valence-corrected chi connectivity index (χ2v) is 11.3. The van der Waals surface area contributed by atoms with Crippen LogP contribution in [0.2, 0.25) is 5.02 Å². The first kappa shape index (κ1) is 30.5. The van der Waals surface area contributed by atoms with E-state index in [9.17, 15) is 19.8 Å². The first-order valence-electron chi connectivity index (χ1n) is 14.2. The van der Waals surface area contributed by atoms with E-state index in [1.807, 2.05) is 30.3 Å². The van der Waals surface area contributed by atoms with Crippen molar-refractivity contribution in [3.05, 3.63) is 75.3 Å². The number of benzene rings is 2. The molecule has 0 spiro atoms. The molecule has 1 heterocycles. The van der Waals surface area contributed by atoms with Crippen molar-refractivity contribution in [3.63, 3.8) is 0 Å². The van der Waals surface area contributed by atoms with Crippen LogP contribution in [0.4, 0.5) is 0 Å². The van der Waals surface area contributed by atoms with Crippen molar-refractivity contribution in [2.24, 2.45) is 18.9 Å². The van der Waals surface area contributed by atoms with Gasteiger partial charge >= 0.3 is 11.7 Å². The van der Waals surface area contributed by atoms with Gasteiger partial charge in [-0.1, -0.05) is 36.7 Å². The number of halogens is 1. The number of ether oxygens (including phenoxy) is 2. The summed E-state index contributed by atoms with van der Waals surface area (Å²) in [5.41, 5.74) is 1.95. The third-order valence-corrected chi connectivity index (χ3v) is 8.33. The number of carbonyl (C=O) groups is 1. The van der Waals surface area contributed by atoms with Crippen molar-refractivity contribution in [3.8, 4) is 17.4 Å². The van der Waals surface area contributed by atoms with E-state index in [-0.39, 0.29) is 36.7 Å². The molecule has 2 N–H and O–H groups in total. The molecule has 0 radical (unpaired) electrons. The van der Waals surface area contributed by atoms with Crippen LogP contribution in [0.3, 0.4) is 0 Å². The van der Waals surface area contributed by atoms with Gasteiger partial charge in [0.2, 0.25) is 5.88 Å². The predicted octanol–water partition coefficient (Wildman–Crippen LogP) is 5.48. The summed E-state index contributed by atoms with van der Waals surface area (Å²) in [6, 6.07) is 14.1. The molecule has 222 valence electrons. The maximum atomic E-state index is 12.1. The maximum absolute atomic E-state index is 12.1. The smallest absolute Gasteiger partial charge is 0.330 e. The van der Waals surface area contributed by atoms with Gasteiger partial charge < -0.3 is 19.7 Å². The van der Waals surface area contributed by atoms with Crippen LogP contribution in [0.5, 0.6) is 17.4 Å². The fraction of sp³-hybridized carbons (Fsp3) is 0.484. The highest BCUT2D eigenvalue weighted by Crippen LogP contribution is 2.35. The Labute approximate surface area is 245 Å². The average molecular weight is 586 g/mol. The lowest BCUT2D eigenvalue weighted by Crippen LogP contribution is -2.35. The second-order valence-electron chi connectivity index (χ2n) is 10.8. The monoisotopic (exact) mass is 585 g/mol. The highest BCUT2D eigenvalue weighted by molar-refractivity contribution is 6.30. The van der Waals surface area contributed by atoms with Gasteiger partial charge in [0.15, 0.2) is 11.5 Å². The molecule has 1 fully saturated rings. The number of aryl methyl sites for hydroxylation is 1. The number of nitrogens with zero attached hydrogens (tertiary/aromatic N) is 3. The molecule has 0 bridgehead atoms. The molecular weight excluding hydrogens is 546 g/mol. The molecule has 41 heavy (non-hydrogen) atoms.